The van der Waals surface area contributed by atoms with E-state index in [1.165, 1.54) is 4.70 Å². The maximum absolute atomic E-state index is 4.91. The van der Waals surface area contributed by atoms with E-state index in [0.29, 0.717) is 6.54 Å². The zero-order valence-corrected chi connectivity index (χ0v) is 12.5. The van der Waals surface area contributed by atoms with Crippen LogP contribution in [0.5, 0.6) is 0 Å². The minimum Gasteiger partial charge on any atom is -0.327 e. The van der Waals surface area contributed by atoms with Crippen molar-refractivity contribution in [3.8, 4) is 0 Å². The van der Waals surface area contributed by atoms with E-state index in [1.54, 1.807) is 23.5 Å². The Morgan fingerprint density at radius 3 is 2.42 bits per heavy atom. The summed E-state index contributed by atoms with van der Waals surface area (Å²) in [4.78, 5) is 4.43. The molecule has 2 nitrogen and oxygen atoms in total. The number of nitrogens with zero attached hydrogens (tertiary/aromatic N) is 1. The van der Waals surface area contributed by atoms with Crippen molar-refractivity contribution in [2.75, 3.05) is 6.54 Å². The van der Waals surface area contributed by atoms with E-state index < -0.39 is 0 Å². The quantitative estimate of drug-likeness (QED) is 0.653. The SMILES string of the molecule is C=C/C=C/c1nc2ccccc2s1.C=CCN.CC. The molecule has 0 saturated carbocycles. The maximum atomic E-state index is 4.91. The summed E-state index contributed by atoms with van der Waals surface area (Å²) in [5.41, 5.74) is 5.98. The lowest BCUT2D eigenvalue weighted by Crippen LogP contribution is -1.90. The van der Waals surface area contributed by atoms with Crippen molar-refractivity contribution in [1.82, 2.24) is 4.98 Å². The Morgan fingerprint density at radius 2 is 1.89 bits per heavy atom. The summed E-state index contributed by atoms with van der Waals surface area (Å²) >= 11 is 1.69. The second-order valence-electron chi connectivity index (χ2n) is 3.14. The van der Waals surface area contributed by atoms with Crippen molar-refractivity contribution in [3.63, 3.8) is 0 Å². The van der Waals surface area contributed by atoms with Crippen molar-refractivity contribution in [1.29, 1.82) is 0 Å². The zero-order valence-electron chi connectivity index (χ0n) is 11.7. The molecule has 2 rings (SSSR count). The van der Waals surface area contributed by atoms with Crippen LogP contribution in [0, 0.1) is 0 Å². The van der Waals surface area contributed by atoms with Crippen LogP contribution < -0.4 is 5.73 Å². The third kappa shape index (κ3) is 6.70. The highest BCUT2D eigenvalue weighted by Crippen LogP contribution is 2.22. The molecule has 3 heteroatoms. The number of allylic oxidation sites excluding steroid dienone is 2. The third-order valence-corrected chi connectivity index (χ3v) is 2.85. The number of fused-ring (bicyclic) bond motifs is 1. The second-order valence-corrected chi connectivity index (χ2v) is 4.20. The minimum atomic E-state index is 0.583. The topological polar surface area (TPSA) is 38.9 Å². The first kappa shape index (κ1) is 17.3. The molecular formula is C16H22N2S. The molecule has 0 aliphatic rings. The Balaban J connectivity index is 0.000000467. The van der Waals surface area contributed by atoms with E-state index in [2.05, 4.69) is 24.2 Å². The maximum Gasteiger partial charge on any atom is 0.117 e. The van der Waals surface area contributed by atoms with Gasteiger partial charge in [0.05, 0.1) is 10.2 Å². The summed E-state index contributed by atoms with van der Waals surface area (Å²) in [6.07, 6.45) is 7.28. The fraction of sp³-hybridized carbons (Fsp3) is 0.188. The Bertz CT molecular complexity index is 479. The van der Waals surface area contributed by atoms with Gasteiger partial charge in [-0.05, 0) is 18.2 Å². The first-order valence-corrected chi connectivity index (χ1v) is 7.09. The molecule has 19 heavy (non-hydrogen) atoms. The molecule has 0 saturated heterocycles. The number of benzene rings is 1. The molecule has 0 bridgehead atoms. The molecule has 0 atom stereocenters. The molecule has 102 valence electrons. The number of para-hydroxylation sites is 1. The molecular weight excluding hydrogens is 252 g/mol. The van der Waals surface area contributed by atoms with Crippen LogP contribution in [0.3, 0.4) is 0 Å². The van der Waals surface area contributed by atoms with Crippen LogP contribution in [-0.4, -0.2) is 11.5 Å². The molecule has 0 fully saturated rings. The lowest BCUT2D eigenvalue weighted by molar-refractivity contribution is 1.26. The fourth-order valence-corrected chi connectivity index (χ4v) is 1.99. The Labute approximate surface area is 120 Å². The van der Waals surface area contributed by atoms with Crippen LogP contribution in [0.1, 0.15) is 18.9 Å². The Morgan fingerprint density at radius 1 is 1.26 bits per heavy atom. The van der Waals surface area contributed by atoms with Gasteiger partial charge < -0.3 is 5.73 Å². The largest absolute Gasteiger partial charge is 0.327 e. The first-order valence-electron chi connectivity index (χ1n) is 6.27. The fourth-order valence-electron chi connectivity index (χ4n) is 1.11. The van der Waals surface area contributed by atoms with Gasteiger partial charge in [-0.2, -0.15) is 0 Å². The molecule has 1 heterocycles. The molecule has 0 radical (unpaired) electrons. The van der Waals surface area contributed by atoms with Crippen molar-refractivity contribution in [2.24, 2.45) is 5.73 Å². The van der Waals surface area contributed by atoms with Gasteiger partial charge in [0.1, 0.15) is 5.01 Å². The lowest BCUT2D eigenvalue weighted by Gasteiger charge is -1.80. The number of aromatic nitrogens is 1. The monoisotopic (exact) mass is 274 g/mol. The van der Waals surface area contributed by atoms with Crippen LogP contribution in [-0.2, 0) is 0 Å². The number of hydrogen-bond acceptors (Lipinski definition) is 3. The van der Waals surface area contributed by atoms with E-state index in [4.69, 9.17) is 5.73 Å². The van der Waals surface area contributed by atoms with Crippen molar-refractivity contribution >= 4 is 27.6 Å². The minimum absolute atomic E-state index is 0.583. The summed E-state index contributed by atoms with van der Waals surface area (Å²) in [5.74, 6) is 0. The van der Waals surface area contributed by atoms with Gasteiger partial charge in [-0.25, -0.2) is 4.98 Å². The second kappa shape index (κ2) is 11.4. The van der Waals surface area contributed by atoms with E-state index in [0.717, 1.165) is 10.5 Å². The van der Waals surface area contributed by atoms with Crippen LogP contribution in [0.4, 0.5) is 0 Å². The van der Waals surface area contributed by atoms with Crippen LogP contribution in [0.25, 0.3) is 16.3 Å². The van der Waals surface area contributed by atoms with Gasteiger partial charge in [0.15, 0.2) is 0 Å². The normalized spacial score (nSPS) is 9.21. The average Bonchev–Trinajstić information content (AvgIpc) is 2.90. The van der Waals surface area contributed by atoms with Gasteiger partial charge in [-0.1, -0.05) is 50.8 Å². The number of thiazole rings is 1. The van der Waals surface area contributed by atoms with Gasteiger partial charge in [-0.3, -0.25) is 0 Å². The average molecular weight is 274 g/mol. The summed E-state index contributed by atoms with van der Waals surface area (Å²) in [6, 6.07) is 8.14. The summed E-state index contributed by atoms with van der Waals surface area (Å²) in [6.45, 7) is 11.6. The van der Waals surface area contributed by atoms with Crippen molar-refractivity contribution < 1.29 is 0 Å². The molecule has 2 aromatic rings. The number of nitrogens with two attached hydrogens (primary N) is 1. The van der Waals surface area contributed by atoms with E-state index >= 15 is 0 Å². The van der Waals surface area contributed by atoms with Gasteiger partial charge >= 0.3 is 0 Å². The van der Waals surface area contributed by atoms with Gasteiger partial charge in [0, 0.05) is 6.54 Å². The van der Waals surface area contributed by atoms with Crippen molar-refractivity contribution in [2.45, 2.75) is 13.8 Å². The number of rotatable bonds is 3. The Hall–Kier alpha value is -1.71. The highest BCUT2D eigenvalue weighted by Gasteiger charge is 1.97. The summed E-state index contributed by atoms with van der Waals surface area (Å²) in [5, 5.41) is 1.03. The summed E-state index contributed by atoms with van der Waals surface area (Å²) in [7, 11) is 0. The van der Waals surface area contributed by atoms with Crippen LogP contribution >= 0.6 is 11.3 Å². The molecule has 1 aromatic heterocycles. The molecule has 1 aromatic carbocycles. The highest BCUT2D eigenvalue weighted by atomic mass is 32.1. The lowest BCUT2D eigenvalue weighted by atomic mass is 10.3. The molecule has 0 aliphatic carbocycles. The Kier molecular flexibility index (Phi) is 10.4. The predicted octanol–water partition coefficient (Wildman–Crippen LogP) is 4.65. The van der Waals surface area contributed by atoms with Crippen LogP contribution in [0.2, 0.25) is 0 Å². The third-order valence-electron chi connectivity index (χ3n) is 1.85. The molecule has 0 unspecified atom stereocenters. The van der Waals surface area contributed by atoms with Gasteiger partial charge in [-0.15, -0.1) is 17.9 Å². The number of hydrogen-bond donors (Lipinski definition) is 1. The summed E-state index contributed by atoms with van der Waals surface area (Å²) < 4.78 is 1.23. The predicted molar refractivity (Wildman–Crippen MR) is 89.5 cm³/mol. The zero-order chi connectivity index (χ0) is 14.5. The first-order chi connectivity index (χ1) is 9.31. The molecule has 0 amide bonds. The highest BCUT2D eigenvalue weighted by molar-refractivity contribution is 7.19. The van der Waals surface area contributed by atoms with E-state index in [9.17, 15) is 0 Å². The van der Waals surface area contributed by atoms with Gasteiger partial charge in [0.25, 0.3) is 0 Å². The van der Waals surface area contributed by atoms with Crippen molar-refractivity contribution in [3.05, 3.63) is 60.7 Å². The van der Waals surface area contributed by atoms with E-state index in [1.807, 2.05) is 44.2 Å². The molecule has 2 N–H and O–H groups in total. The molecule has 0 spiro atoms. The van der Waals surface area contributed by atoms with E-state index in [-0.39, 0.29) is 0 Å². The van der Waals surface area contributed by atoms with Gasteiger partial charge in [0.2, 0.25) is 0 Å². The standard InChI is InChI=1S/C11H9NS.C3H7N.C2H6/c1-2-3-8-11-12-9-6-4-5-7-10(9)13-11;1-2-3-4;1-2/h2-8H,1H2;2H,1,3-4H2;1-2H3/b8-3+;;. The van der Waals surface area contributed by atoms with Crippen LogP contribution in [0.15, 0.2) is 55.7 Å². The smallest absolute Gasteiger partial charge is 0.117 e. The molecule has 0 aliphatic heterocycles.